The molecule has 2 heterocycles. The average molecular weight is 525 g/mol. The number of methoxy groups -OCH3 is 1. The molecule has 3 aromatic carbocycles. The number of carbonyl (C=O) groups excluding carboxylic acids is 2. The summed E-state index contributed by atoms with van der Waals surface area (Å²) in [7, 11) is 1.59. The second-order valence-corrected chi connectivity index (χ2v) is 9.61. The fourth-order valence-corrected chi connectivity index (χ4v) is 4.95. The van der Waals surface area contributed by atoms with Crippen molar-refractivity contribution >= 4 is 17.5 Å². The highest BCUT2D eigenvalue weighted by molar-refractivity contribution is 6.02. The average Bonchev–Trinajstić information content (AvgIpc) is 3.44. The smallest absolute Gasteiger partial charge is 0.291 e. The lowest BCUT2D eigenvalue weighted by atomic mass is 9.87. The van der Waals surface area contributed by atoms with Crippen molar-refractivity contribution in [3.63, 3.8) is 0 Å². The molecule has 0 spiro atoms. The topological polar surface area (TPSA) is 81.0 Å². The Balaban J connectivity index is 1.31. The summed E-state index contributed by atoms with van der Waals surface area (Å²) in [5.74, 6) is 1.91. The summed E-state index contributed by atoms with van der Waals surface area (Å²) in [5.41, 5.74) is 5.17. The van der Waals surface area contributed by atoms with Crippen LogP contribution in [-0.2, 0) is 17.8 Å². The first-order chi connectivity index (χ1) is 18.9. The Morgan fingerprint density at radius 2 is 1.79 bits per heavy atom. The van der Waals surface area contributed by atoms with E-state index < -0.39 is 0 Å². The van der Waals surface area contributed by atoms with E-state index in [1.807, 2.05) is 30.0 Å². The van der Waals surface area contributed by atoms with E-state index in [2.05, 4.69) is 36.5 Å². The number of ether oxygens (including phenoxy) is 2. The molecule has 7 heteroatoms. The van der Waals surface area contributed by atoms with Gasteiger partial charge in [0.05, 0.1) is 13.2 Å². The van der Waals surface area contributed by atoms with E-state index in [9.17, 15) is 9.59 Å². The molecule has 1 aliphatic rings. The van der Waals surface area contributed by atoms with Gasteiger partial charge in [0.2, 0.25) is 5.91 Å². The van der Waals surface area contributed by atoms with E-state index in [4.69, 9.17) is 13.9 Å². The van der Waals surface area contributed by atoms with E-state index in [0.717, 1.165) is 23.1 Å². The van der Waals surface area contributed by atoms with Gasteiger partial charge in [0.1, 0.15) is 23.9 Å². The largest absolute Gasteiger partial charge is 0.497 e. The van der Waals surface area contributed by atoms with E-state index in [-0.39, 0.29) is 30.2 Å². The lowest BCUT2D eigenvalue weighted by Crippen LogP contribution is -2.40. The first-order valence-corrected chi connectivity index (χ1v) is 13.1. The highest BCUT2D eigenvalue weighted by Gasteiger charge is 2.31. The van der Waals surface area contributed by atoms with Crippen LogP contribution in [0.15, 0.2) is 83.3 Å². The summed E-state index contributed by atoms with van der Waals surface area (Å²) in [6, 6.07) is 24.7. The zero-order valence-electron chi connectivity index (χ0n) is 22.4. The van der Waals surface area contributed by atoms with Crippen LogP contribution in [0.1, 0.15) is 58.0 Å². The van der Waals surface area contributed by atoms with Gasteiger partial charge in [0.25, 0.3) is 5.91 Å². The van der Waals surface area contributed by atoms with Gasteiger partial charge in [0.15, 0.2) is 5.76 Å². The van der Waals surface area contributed by atoms with Crippen LogP contribution >= 0.6 is 0 Å². The zero-order valence-corrected chi connectivity index (χ0v) is 22.4. The summed E-state index contributed by atoms with van der Waals surface area (Å²) in [6.45, 7) is 4.82. The second-order valence-electron chi connectivity index (χ2n) is 9.61. The van der Waals surface area contributed by atoms with Crippen LogP contribution in [0.5, 0.6) is 11.5 Å². The van der Waals surface area contributed by atoms with Crippen LogP contribution in [0.4, 0.5) is 5.69 Å². The van der Waals surface area contributed by atoms with Gasteiger partial charge < -0.3 is 24.1 Å². The van der Waals surface area contributed by atoms with Gasteiger partial charge in [-0.05, 0) is 78.6 Å². The molecule has 0 aliphatic carbocycles. The molecule has 200 valence electrons. The molecule has 39 heavy (non-hydrogen) atoms. The highest BCUT2D eigenvalue weighted by atomic mass is 16.5. The maximum atomic E-state index is 12.9. The van der Waals surface area contributed by atoms with Crippen LogP contribution in [-0.4, -0.2) is 30.4 Å². The molecule has 1 N–H and O–H groups in total. The lowest BCUT2D eigenvalue weighted by Gasteiger charge is -2.38. The Kier molecular flexibility index (Phi) is 7.68. The van der Waals surface area contributed by atoms with Crippen LogP contribution < -0.4 is 14.8 Å². The molecule has 4 aromatic rings. The Morgan fingerprint density at radius 3 is 2.54 bits per heavy atom. The van der Waals surface area contributed by atoms with Crippen molar-refractivity contribution in [2.75, 3.05) is 19.0 Å². The third kappa shape index (κ3) is 5.82. The zero-order chi connectivity index (χ0) is 27.4. The Bertz CT molecular complexity index is 1470. The number of hydrogen-bond acceptors (Lipinski definition) is 5. The summed E-state index contributed by atoms with van der Waals surface area (Å²) in [6.07, 6.45) is 1.26. The molecule has 0 fully saturated rings. The van der Waals surface area contributed by atoms with Crippen molar-refractivity contribution in [3.05, 3.63) is 113 Å². The van der Waals surface area contributed by atoms with Crippen LogP contribution in [0.3, 0.4) is 0 Å². The molecule has 0 bridgehead atoms. The Labute approximate surface area is 228 Å². The Hall–Kier alpha value is -4.52. The summed E-state index contributed by atoms with van der Waals surface area (Å²) in [4.78, 5) is 27.5. The third-order valence-corrected chi connectivity index (χ3v) is 6.94. The molecule has 7 nitrogen and oxygen atoms in total. The fourth-order valence-electron chi connectivity index (χ4n) is 4.95. The van der Waals surface area contributed by atoms with Gasteiger partial charge >= 0.3 is 0 Å². The van der Waals surface area contributed by atoms with Gasteiger partial charge in [-0.15, -0.1) is 0 Å². The third-order valence-electron chi connectivity index (χ3n) is 6.94. The van der Waals surface area contributed by atoms with E-state index in [1.165, 1.54) is 5.56 Å². The number of hydrogen-bond donors (Lipinski definition) is 1. The number of furan rings is 1. The minimum Gasteiger partial charge on any atom is -0.497 e. The number of fused-ring (bicyclic) bond motifs is 1. The molecule has 1 aromatic heterocycles. The number of benzene rings is 3. The van der Waals surface area contributed by atoms with Crippen molar-refractivity contribution < 1.29 is 23.5 Å². The van der Waals surface area contributed by atoms with Gasteiger partial charge in [-0.3, -0.25) is 9.59 Å². The normalized spacial score (nSPS) is 14.4. The fraction of sp³-hybridized carbons (Fsp3) is 0.250. The molecule has 0 radical (unpaired) electrons. The number of nitrogens with zero attached hydrogens (tertiary/aromatic N) is 1. The molecule has 2 amide bonds. The summed E-state index contributed by atoms with van der Waals surface area (Å²) >= 11 is 0. The van der Waals surface area contributed by atoms with E-state index in [0.29, 0.717) is 35.9 Å². The maximum Gasteiger partial charge on any atom is 0.291 e. The minimum atomic E-state index is -0.345. The molecule has 5 rings (SSSR count). The van der Waals surface area contributed by atoms with Crippen molar-refractivity contribution in [2.24, 2.45) is 0 Å². The number of rotatable bonds is 8. The van der Waals surface area contributed by atoms with Crippen molar-refractivity contribution in [1.82, 2.24) is 4.90 Å². The molecular weight excluding hydrogens is 492 g/mol. The lowest BCUT2D eigenvalue weighted by molar-refractivity contribution is -0.132. The molecule has 0 saturated heterocycles. The molecule has 0 unspecified atom stereocenters. The van der Waals surface area contributed by atoms with E-state index >= 15 is 0 Å². The van der Waals surface area contributed by atoms with Crippen LogP contribution in [0.25, 0.3) is 0 Å². The summed E-state index contributed by atoms with van der Waals surface area (Å²) < 4.78 is 17.0. The van der Waals surface area contributed by atoms with Crippen molar-refractivity contribution in [2.45, 2.75) is 39.3 Å². The van der Waals surface area contributed by atoms with Crippen LogP contribution in [0, 0.1) is 6.92 Å². The first-order valence-electron chi connectivity index (χ1n) is 13.1. The quantitative estimate of drug-likeness (QED) is 0.292. The van der Waals surface area contributed by atoms with Crippen LogP contribution in [0.2, 0.25) is 0 Å². The van der Waals surface area contributed by atoms with Gasteiger partial charge in [-0.25, -0.2) is 0 Å². The number of anilines is 1. The number of aryl methyl sites for hydroxylation is 1. The standard InChI is InChI=1S/C32H32N2O5/c1-4-30(35)34-17-16-22-8-11-26(19-28(22)31(34)23-7-5-6-21(2)18-23)38-20-27-14-15-29(39-27)32(36)33-24-9-12-25(37-3)13-10-24/h5-15,18-19,31H,4,16-17,20H2,1-3H3,(H,33,36)/t31-/m0/s1. The maximum absolute atomic E-state index is 12.9. The summed E-state index contributed by atoms with van der Waals surface area (Å²) in [5, 5.41) is 2.81. The minimum absolute atomic E-state index is 0.134. The second kappa shape index (κ2) is 11.5. The number of amides is 2. The predicted octanol–water partition coefficient (Wildman–Crippen LogP) is 6.31. The predicted molar refractivity (Wildman–Crippen MR) is 149 cm³/mol. The van der Waals surface area contributed by atoms with Gasteiger partial charge in [0, 0.05) is 18.7 Å². The first kappa shape index (κ1) is 26.1. The Morgan fingerprint density at radius 1 is 1.00 bits per heavy atom. The van der Waals surface area contributed by atoms with Gasteiger partial charge in [-0.2, -0.15) is 0 Å². The highest BCUT2D eigenvalue weighted by Crippen LogP contribution is 2.38. The molecule has 1 aliphatic heterocycles. The van der Waals surface area contributed by atoms with Crippen molar-refractivity contribution in [3.8, 4) is 11.5 Å². The SMILES string of the molecule is CCC(=O)N1CCc2ccc(OCc3ccc(C(=O)Nc4ccc(OC)cc4)o3)cc2[C@@H]1c1cccc(C)c1. The molecule has 1 atom stereocenters. The number of nitrogens with one attached hydrogen (secondary N) is 1. The molecular formula is C32H32N2O5. The van der Waals surface area contributed by atoms with E-state index in [1.54, 1.807) is 43.5 Å². The monoisotopic (exact) mass is 524 g/mol. The van der Waals surface area contributed by atoms with Crippen molar-refractivity contribution in [1.29, 1.82) is 0 Å². The molecule has 0 saturated carbocycles. The van der Waals surface area contributed by atoms with Gasteiger partial charge in [-0.1, -0.05) is 42.8 Å². The number of carbonyl (C=O) groups is 2.